The number of aromatic nitrogens is 1. The third kappa shape index (κ3) is 6.23. The summed E-state index contributed by atoms with van der Waals surface area (Å²) in [5.74, 6) is 0. The van der Waals surface area contributed by atoms with Gasteiger partial charge in [-0.05, 0) is 98.8 Å². The predicted octanol–water partition coefficient (Wildman–Crippen LogP) is 16.1. The Labute approximate surface area is 350 Å². The highest BCUT2D eigenvalue weighted by atomic mass is 15.1. The quantitative estimate of drug-likeness (QED) is 0.150. The summed E-state index contributed by atoms with van der Waals surface area (Å²) in [6.07, 6.45) is 0. The van der Waals surface area contributed by atoms with Gasteiger partial charge in [-0.15, -0.1) is 0 Å². The van der Waals surface area contributed by atoms with Crippen LogP contribution < -0.4 is 4.90 Å². The molecule has 0 bridgehead atoms. The number of nitrogens with zero attached hydrogens (tertiary/aromatic N) is 2. The van der Waals surface area contributed by atoms with Gasteiger partial charge in [0, 0.05) is 33.3 Å². The molecule has 1 aromatic heterocycles. The Hall–Kier alpha value is -7.94. The highest BCUT2D eigenvalue weighted by molar-refractivity contribution is 6.09. The van der Waals surface area contributed by atoms with Gasteiger partial charge < -0.3 is 9.47 Å². The molecule has 0 amide bonds. The molecule has 0 aliphatic heterocycles. The van der Waals surface area contributed by atoms with Crippen LogP contribution in [0.4, 0.5) is 17.1 Å². The van der Waals surface area contributed by atoms with Crippen LogP contribution in [0.1, 0.15) is 0 Å². The van der Waals surface area contributed by atoms with Crippen LogP contribution in [0.25, 0.3) is 82.8 Å². The van der Waals surface area contributed by atoms with Crippen molar-refractivity contribution in [3.8, 4) is 50.2 Å². The van der Waals surface area contributed by atoms with Crippen molar-refractivity contribution in [1.82, 2.24) is 4.57 Å². The maximum atomic E-state index is 2.41. The molecule has 0 fully saturated rings. The molecule has 2 heteroatoms. The van der Waals surface area contributed by atoms with Gasteiger partial charge in [-0.1, -0.05) is 188 Å². The first-order valence-corrected chi connectivity index (χ1v) is 20.6. The largest absolute Gasteiger partial charge is 0.310 e. The van der Waals surface area contributed by atoms with E-state index in [-0.39, 0.29) is 0 Å². The maximum absolute atomic E-state index is 2.41. The summed E-state index contributed by atoms with van der Waals surface area (Å²) in [5, 5.41) is 5.01. The molecule has 0 spiro atoms. The maximum Gasteiger partial charge on any atom is 0.0541 e. The third-order valence-electron chi connectivity index (χ3n) is 11.8. The normalized spacial score (nSPS) is 11.3. The van der Waals surface area contributed by atoms with Crippen molar-refractivity contribution in [1.29, 1.82) is 0 Å². The Balaban J connectivity index is 1.07. The van der Waals surface area contributed by atoms with Crippen LogP contribution in [-0.2, 0) is 0 Å². The van der Waals surface area contributed by atoms with E-state index in [4.69, 9.17) is 0 Å². The van der Waals surface area contributed by atoms with Crippen molar-refractivity contribution in [2.24, 2.45) is 0 Å². The van der Waals surface area contributed by atoms with Crippen LogP contribution in [-0.4, -0.2) is 4.57 Å². The lowest BCUT2D eigenvalue weighted by Gasteiger charge is -2.29. The third-order valence-corrected chi connectivity index (χ3v) is 11.8. The first kappa shape index (κ1) is 35.2. The van der Waals surface area contributed by atoms with Crippen molar-refractivity contribution >= 4 is 49.6 Å². The summed E-state index contributed by atoms with van der Waals surface area (Å²) in [7, 11) is 0. The van der Waals surface area contributed by atoms with Gasteiger partial charge in [0.15, 0.2) is 0 Å². The van der Waals surface area contributed by atoms with Crippen molar-refractivity contribution in [3.63, 3.8) is 0 Å². The zero-order chi connectivity index (χ0) is 39.8. The SMILES string of the molecule is c1ccc(-c2ccc(N(c3ccc(-c4ccccc4-n4c5ccccc5c5ccccc54)cc3)c3ccc(-c4cccc5ccccc45)cc3)c(-c3ccccc3)c2)cc1. The molecule has 0 saturated carbocycles. The molecule has 60 heavy (non-hydrogen) atoms. The van der Waals surface area contributed by atoms with E-state index in [0.717, 1.165) is 33.9 Å². The van der Waals surface area contributed by atoms with E-state index in [2.05, 4.69) is 252 Å². The zero-order valence-corrected chi connectivity index (χ0v) is 33.0. The van der Waals surface area contributed by atoms with Gasteiger partial charge in [-0.25, -0.2) is 0 Å². The van der Waals surface area contributed by atoms with Crippen molar-refractivity contribution in [3.05, 3.63) is 243 Å². The summed E-state index contributed by atoms with van der Waals surface area (Å²) in [5.41, 5.74) is 16.3. The van der Waals surface area contributed by atoms with E-state index in [9.17, 15) is 0 Å². The highest BCUT2D eigenvalue weighted by Gasteiger charge is 2.20. The zero-order valence-electron chi connectivity index (χ0n) is 33.0. The molecule has 0 aliphatic carbocycles. The number of para-hydroxylation sites is 3. The van der Waals surface area contributed by atoms with Gasteiger partial charge >= 0.3 is 0 Å². The van der Waals surface area contributed by atoms with Gasteiger partial charge in [-0.2, -0.15) is 0 Å². The second kappa shape index (κ2) is 15.1. The van der Waals surface area contributed by atoms with E-state index in [0.29, 0.717) is 0 Å². The summed E-state index contributed by atoms with van der Waals surface area (Å²) < 4.78 is 2.41. The Bertz CT molecular complexity index is 3230. The Kier molecular flexibility index (Phi) is 8.87. The van der Waals surface area contributed by atoms with E-state index in [1.54, 1.807) is 0 Å². The molecule has 1 heterocycles. The second-order valence-electron chi connectivity index (χ2n) is 15.3. The Morgan fingerprint density at radius 1 is 0.283 bits per heavy atom. The van der Waals surface area contributed by atoms with E-state index in [1.807, 2.05) is 0 Å². The van der Waals surface area contributed by atoms with Gasteiger partial charge in [0.2, 0.25) is 0 Å². The summed E-state index contributed by atoms with van der Waals surface area (Å²) in [6.45, 7) is 0. The van der Waals surface area contributed by atoms with Gasteiger partial charge in [0.1, 0.15) is 0 Å². The summed E-state index contributed by atoms with van der Waals surface area (Å²) in [6, 6.07) is 87.9. The lowest BCUT2D eigenvalue weighted by Crippen LogP contribution is -2.11. The Morgan fingerprint density at radius 3 is 1.42 bits per heavy atom. The van der Waals surface area contributed by atoms with Crippen LogP contribution >= 0.6 is 0 Å². The van der Waals surface area contributed by atoms with E-state index in [1.165, 1.54) is 66.0 Å². The molecule has 0 saturated heterocycles. The van der Waals surface area contributed by atoms with Crippen LogP contribution in [0.5, 0.6) is 0 Å². The Morgan fingerprint density at radius 2 is 0.750 bits per heavy atom. The fourth-order valence-electron chi connectivity index (χ4n) is 8.97. The molecule has 11 aromatic rings. The molecule has 0 aliphatic rings. The fourth-order valence-corrected chi connectivity index (χ4v) is 8.97. The predicted molar refractivity (Wildman–Crippen MR) is 255 cm³/mol. The van der Waals surface area contributed by atoms with Gasteiger partial charge in [0.25, 0.3) is 0 Å². The second-order valence-corrected chi connectivity index (χ2v) is 15.3. The van der Waals surface area contributed by atoms with Crippen LogP contribution in [0.2, 0.25) is 0 Å². The van der Waals surface area contributed by atoms with E-state index < -0.39 is 0 Å². The number of anilines is 3. The lowest BCUT2D eigenvalue weighted by atomic mass is 9.95. The molecule has 11 rings (SSSR count). The molecule has 282 valence electrons. The average molecular weight is 765 g/mol. The number of benzene rings is 10. The van der Waals surface area contributed by atoms with Crippen LogP contribution in [0, 0.1) is 0 Å². The molecule has 0 N–H and O–H groups in total. The standard InChI is InChI=1S/C58H40N2/c1-3-16-41(17-4-1)46-34-39-58(54(40-46)43-18-5-2-6-19-43)59(47-35-30-44(31-36-47)50-26-15-21-42-20-7-8-22-49(42)50)48-37-32-45(33-38-48)51-23-9-12-27-55(51)60-56-28-13-10-24-52(56)53-25-11-14-29-57(53)60/h1-40H. The number of rotatable bonds is 8. The lowest BCUT2D eigenvalue weighted by molar-refractivity contribution is 1.18. The topological polar surface area (TPSA) is 8.17 Å². The molecule has 0 radical (unpaired) electrons. The van der Waals surface area contributed by atoms with Gasteiger partial charge in [-0.3, -0.25) is 0 Å². The molecule has 0 unspecified atom stereocenters. The first-order valence-electron chi connectivity index (χ1n) is 20.6. The van der Waals surface area contributed by atoms with E-state index >= 15 is 0 Å². The molecular weight excluding hydrogens is 725 g/mol. The number of hydrogen-bond acceptors (Lipinski definition) is 1. The minimum Gasteiger partial charge on any atom is -0.310 e. The van der Waals surface area contributed by atoms with Crippen molar-refractivity contribution in [2.75, 3.05) is 4.90 Å². The summed E-state index contributed by atoms with van der Waals surface area (Å²) in [4.78, 5) is 2.41. The van der Waals surface area contributed by atoms with Crippen LogP contribution in [0.3, 0.4) is 0 Å². The monoisotopic (exact) mass is 764 g/mol. The molecular formula is C58H40N2. The smallest absolute Gasteiger partial charge is 0.0541 e. The van der Waals surface area contributed by atoms with Crippen molar-refractivity contribution < 1.29 is 0 Å². The molecule has 10 aromatic carbocycles. The number of hydrogen-bond donors (Lipinski definition) is 0. The highest BCUT2D eigenvalue weighted by Crippen LogP contribution is 2.44. The number of fused-ring (bicyclic) bond motifs is 4. The minimum absolute atomic E-state index is 1.08. The fraction of sp³-hybridized carbons (Fsp3) is 0. The van der Waals surface area contributed by atoms with Crippen LogP contribution in [0.15, 0.2) is 243 Å². The summed E-state index contributed by atoms with van der Waals surface area (Å²) >= 11 is 0. The minimum atomic E-state index is 1.08. The first-order chi connectivity index (χ1) is 29.8. The average Bonchev–Trinajstić information content (AvgIpc) is 3.67. The van der Waals surface area contributed by atoms with Gasteiger partial charge in [0.05, 0.1) is 22.4 Å². The van der Waals surface area contributed by atoms with Crippen molar-refractivity contribution in [2.45, 2.75) is 0 Å². The molecule has 0 atom stereocenters. The molecule has 2 nitrogen and oxygen atoms in total.